The lowest BCUT2D eigenvalue weighted by Crippen LogP contribution is -2.57. The average molecular weight is 317 g/mol. The minimum Gasteiger partial charge on any atom is -0.311 e. The molecule has 1 saturated heterocycles. The molecule has 1 radical (unpaired) electrons. The van der Waals surface area contributed by atoms with Gasteiger partial charge in [0, 0.05) is 12.1 Å². The Balaban J connectivity index is 3.38. The highest BCUT2D eigenvalue weighted by Crippen LogP contribution is 2.54. The third-order valence-corrected chi connectivity index (χ3v) is 7.40. The van der Waals surface area contributed by atoms with Crippen LogP contribution in [0.15, 0.2) is 0 Å². The van der Waals surface area contributed by atoms with E-state index >= 15 is 0 Å². The lowest BCUT2D eigenvalue weighted by molar-refractivity contribution is 0.00752. The third kappa shape index (κ3) is 4.13. The van der Waals surface area contributed by atoms with Crippen molar-refractivity contribution in [3.8, 4) is 5.97 Å². The maximum Gasteiger partial charge on any atom is 0.258 e. The van der Waals surface area contributed by atoms with Crippen LogP contribution in [0.3, 0.4) is 0 Å². The SMILES string of the molecule is CC1(C)CC(C)(C)C(C)(C)CNC(C)(C)C(C)(C)CC1[B]C#N. The largest absolute Gasteiger partial charge is 0.311 e. The zero-order valence-corrected chi connectivity index (χ0v) is 17.2. The van der Waals surface area contributed by atoms with E-state index in [9.17, 15) is 5.26 Å². The molecular formula is C20H38BN2. The van der Waals surface area contributed by atoms with Crippen LogP contribution >= 0.6 is 0 Å². The van der Waals surface area contributed by atoms with Crippen LogP contribution in [0.5, 0.6) is 0 Å². The van der Waals surface area contributed by atoms with E-state index in [-0.39, 0.29) is 27.2 Å². The molecule has 0 aliphatic carbocycles. The van der Waals surface area contributed by atoms with Crippen molar-refractivity contribution in [2.24, 2.45) is 21.7 Å². The van der Waals surface area contributed by atoms with Crippen LogP contribution in [0.2, 0.25) is 5.82 Å². The standard InChI is InChI=1S/C20H38BN2/c1-16(2)12-18(5,6)19(7,8)13-23-20(9,10)17(3,4)11-15(16)21-14-22/h15,23H,11-13H2,1-10H3. The van der Waals surface area contributed by atoms with Crippen LogP contribution in [0, 0.1) is 32.9 Å². The lowest BCUT2D eigenvalue weighted by atomic mass is 9.46. The summed E-state index contributed by atoms with van der Waals surface area (Å²) in [6.45, 7) is 24.6. The molecule has 131 valence electrons. The Hall–Kier alpha value is -0.485. The van der Waals surface area contributed by atoms with Crippen molar-refractivity contribution in [2.75, 3.05) is 6.54 Å². The van der Waals surface area contributed by atoms with Gasteiger partial charge in [-0.3, -0.25) is 0 Å². The molecule has 1 aliphatic heterocycles. The normalized spacial score (nSPS) is 31.6. The number of hydrogen-bond acceptors (Lipinski definition) is 2. The predicted octanol–water partition coefficient (Wildman–Crippen LogP) is 5.23. The van der Waals surface area contributed by atoms with Crippen LogP contribution in [-0.2, 0) is 0 Å². The van der Waals surface area contributed by atoms with Gasteiger partial charge in [0.25, 0.3) is 7.28 Å². The fourth-order valence-electron chi connectivity index (χ4n) is 3.89. The zero-order chi connectivity index (χ0) is 18.3. The van der Waals surface area contributed by atoms with Gasteiger partial charge in [0.05, 0.1) is 0 Å². The Morgan fingerprint density at radius 2 is 1.39 bits per heavy atom. The average Bonchev–Trinajstić information content (AvgIpc) is 2.33. The minimum absolute atomic E-state index is 0.0231. The highest BCUT2D eigenvalue weighted by atomic mass is 15.0. The first-order valence-electron chi connectivity index (χ1n) is 9.06. The summed E-state index contributed by atoms with van der Waals surface area (Å²) in [5, 5.41) is 13.2. The van der Waals surface area contributed by atoms with E-state index in [2.05, 4.69) is 80.5 Å². The van der Waals surface area contributed by atoms with Crippen molar-refractivity contribution in [1.29, 1.82) is 5.26 Å². The molecule has 0 aromatic heterocycles. The van der Waals surface area contributed by atoms with E-state index < -0.39 is 0 Å². The monoisotopic (exact) mass is 317 g/mol. The van der Waals surface area contributed by atoms with Gasteiger partial charge in [0.15, 0.2) is 0 Å². The second kappa shape index (κ2) is 6.10. The molecule has 1 rings (SSSR count). The molecule has 2 nitrogen and oxygen atoms in total. The fourth-order valence-corrected chi connectivity index (χ4v) is 3.89. The number of nitrogens with zero attached hydrogens (tertiary/aromatic N) is 1. The van der Waals surface area contributed by atoms with Crippen LogP contribution in [0.1, 0.15) is 82.1 Å². The molecule has 0 amide bonds. The van der Waals surface area contributed by atoms with Crippen LogP contribution in [0.25, 0.3) is 0 Å². The first-order chi connectivity index (χ1) is 10.1. The molecular weight excluding hydrogens is 279 g/mol. The number of nitrogens with one attached hydrogen (secondary N) is 1. The van der Waals surface area contributed by atoms with Crippen molar-refractivity contribution in [2.45, 2.75) is 93.4 Å². The van der Waals surface area contributed by atoms with Crippen molar-refractivity contribution in [3.63, 3.8) is 0 Å². The predicted molar refractivity (Wildman–Crippen MR) is 102 cm³/mol. The minimum atomic E-state index is 0.0231. The molecule has 0 saturated carbocycles. The number of hydrogen-bond donors (Lipinski definition) is 1. The molecule has 0 bridgehead atoms. The van der Waals surface area contributed by atoms with Gasteiger partial charge in [0.1, 0.15) is 0 Å². The van der Waals surface area contributed by atoms with Crippen molar-refractivity contribution in [3.05, 3.63) is 0 Å². The first-order valence-corrected chi connectivity index (χ1v) is 9.06. The molecule has 1 heterocycles. The first kappa shape index (κ1) is 20.6. The molecule has 1 aliphatic rings. The summed E-state index contributed by atoms with van der Waals surface area (Å²) in [6.07, 6.45) is 2.15. The van der Waals surface area contributed by atoms with Gasteiger partial charge in [-0.05, 0) is 60.1 Å². The van der Waals surface area contributed by atoms with Gasteiger partial charge in [-0.25, -0.2) is 5.26 Å². The van der Waals surface area contributed by atoms with E-state index in [0.717, 1.165) is 19.4 Å². The summed E-state index contributed by atoms with van der Waals surface area (Å²) in [5.74, 6) is 2.65. The Morgan fingerprint density at radius 3 is 1.87 bits per heavy atom. The van der Waals surface area contributed by atoms with Crippen LogP contribution in [0.4, 0.5) is 0 Å². The van der Waals surface area contributed by atoms with Crippen molar-refractivity contribution in [1.82, 2.24) is 5.32 Å². The maximum atomic E-state index is 9.35. The molecule has 0 aromatic carbocycles. The topological polar surface area (TPSA) is 35.8 Å². The Labute approximate surface area is 146 Å². The Bertz CT molecular complexity index is 467. The second-order valence-electron chi connectivity index (χ2n) is 10.9. The Kier molecular flexibility index (Phi) is 5.46. The van der Waals surface area contributed by atoms with Crippen LogP contribution < -0.4 is 5.32 Å². The van der Waals surface area contributed by atoms with Gasteiger partial charge < -0.3 is 5.32 Å². The molecule has 23 heavy (non-hydrogen) atoms. The molecule has 1 atom stereocenters. The summed E-state index contributed by atoms with van der Waals surface area (Å²) >= 11 is 0. The summed E-state index contributed by atoms with van der Waals surface area (Å²) < 4.78 is 0. The third-order valence-electron chi connectivity index (χ3n) is 7.40. The summed E-state index contributed by atoms with van der Waals surface area (Å²) in [4.78, 5) is 0. The van der Waals surface area contributed by atoms with Gasteiger partial charge in [0.2, 0.25) is 0 Å². The van der Waals surface area contributed by atoms with Gasteiger partial charge in [-0.15, -0.1) is 0 Å². The van der Waals surface area contributed by atoms with Crippen molar-refractivity contribution < 1.29 is 0 Å². The molecule has 1 unspecified atom stereocenters. The summed E-state index contributed by atoms with van der Waals surface area (Å²) in [5.41, 5.74) is 0.630. The highest BCUT2D eigenvalue weighted by molar-refractivity contribution is 6.47. The number of rotatable bonds is 1. The van der Waals surface area contributed by atoms with Gasteiger partial charge >= 0.3 is 0 Å². The molecule has 0 spiro atoms. The molecule has 1 fully saturated rings. The van der Waals surface area contributed by atoms with E-state index in [0.29, 0.717) is 5.82 Å². The fraction of sp³-hybridized carbons (Fsp3) is 0.950. The smallest absolute Gasteiger partial charge is 0.258 e. The summed E-state index contributed by atoms with van der Waals surface area (Å²) in [6, 6.07) is 0. The molecule has 1 N–H and O–H groups in total. The van der Waals surface area contributed by atoms with Gasteiger partial charge in [-0.1, -0.05) is 55.4 Å². The van der Waals surface area contributed by atoms with E-state index in [1.165, 1.54) is 0 Å². The van der Waals surface area contributed by atoms with Crippen molar-refractivity contribution >= 4 is 7.28 Å². The quantitative estimate of drug-likeness (QED) is 0.672. The highest BCUT2D eigenvalue weighted by Gasteiger charge is 2.49. The maximum absolute atomic E-state index is 9.35. The lowest BCUT2D eigenvalue weighted by Gasteiger charge is -2.54. The Morgan fingerprint density at radius 1 is 0.870 bits per heavy atom. The van der Waals surface area contributed by atoms with Gasteiger partial charge in [-0.2, -0.15) is 0 Å². The van der Waals surface area contributed by atoms with E-state index in [4.69, 9.17) is 0 Å². The zero-order valence-electron chi connectivity index (χ0n) is 17.2. The molecule has 0 aromatic rings. The van der Waals surface area contributed by atoms with E-state index in [1.54, 1.807) is 0 Å². The molecule has 3 heteroatoms. The summed E-state index contributed by atoms with van der Waals surface area (Å²) in [7, 11) is 1.89. The van der Waals surface area contributed by atoms with E-state index in [1.807, 2.05) is 7.28 Å². The number of nitriles is 1. The second-order valence-corrected chi connectivity index (χ2v) is 10.9. The van der Waals surface area contributed by atoms with Crippen LogP contribution in [-0.4, -0.2) is 19.4 Å².